The van der Waals surface area contributed by atoms with Crippen LogP contribution in [0.15, 0.2) is 0 Å². The van der Waals surface area contributed by atoms with E-state index in [4.69, 9.17) is 5.11 Å². The molecule has 0 amide bonds. The molecule has 0 aromatic heterocycles. The smallest absolute Gasteiger partial charge is 0.308 e. The molecule has 0 spiro atoms. The summed E-state index contributed by atoms with van der Waals surface area (Å²) < 4.78 is 0. The van der Waals surface area contributed by atoms with E-state index in [2.05, 4.69) is 11.8 Å². The number of nitrogens with zero attached hydrogens (tertiary/aromatic N) is 1. The quantitative estimate of drug-likeness (QED) is 0.717. The van der Waals surface area contributed by atoms with Crippen LogP contribution < -0.4 is 0 Å². The first-order valence-corrected chi connectivity index (χ1v) is 5.22. The van der Waals surface area contributed by atoms with Crippen molar-refractivity contribution in [3.8, 4) is 0 Å². The highest BCUT2D eigenvalue weighted by atomic mass is 16.4. The number of carboxylic acids is 1. The molecule has 0 bridgehead atoms. The van der Waals surface area contributed by atoms with E-state index in [1.54, 1.807) is 0 Å². The summed E-state index contributed by atoms with van der Waals surface area (Å²) in [5.74, 6) is -0.708. The Hall–Kier alpha value is -0.570. The fourth-order valence-electron chi connectivity index (χ4n) is 2.54. The Kier molecular flexibility index (Phi) is 2.28. The molecule has 1 saturated heterocycles. The maximum Gasteiger partial charge on any atom is 0.308 e. The zero-order valence-corrected chi connectivity index (χ0v) is 8.07. The molecule has 1 aliphatic carbocycles. The number of likely N-dealkylation sites (tertiary alicyclic amines) is 1. The molecule has 3 heteroatoms. The summed E-state index contributed by atoms with van der Waals surface area (Å²) in [5, 5.41) is 9.01. The molecule has 0 radical (unpaired) electrons. The van der Waals surface area contributed by atoms with Gasteiger partial charge in [-0.3, -0.25) is 9.69 Å². The Morgan fingerprint density at radius 3 is 2.62 bits per heavy atom. The van der Waals surface area contributed by atoms with Gasteiger partial charge in [-0.25, -0.2) is 0 Å². The van der Waals surface area contributed by atoms with Gasteiger partial charge in [-0.1, -0.05) is 6.92 Å². The largest absolute Gasteiger partial charge is 0.481 e. The lowest BCUT2D eigenvalue weighted by molar-refractivity contribution is -0.142. The van der Waals surface area contributed by atoms with E-state index in [1.165, 1.54) is 12.8 Å². The molecule has 0 aromatic carbocycles. The van der Waals surface area contributed by atoms with E-state index in [0.29, 0.717) is 12.1 Å². The van der Waals surface area contributed by atoms with E-state index in [1.807, 2.05) is 0 Å². The van der Waals surface area contributed by atoms with Gasteiger partial charge in [0.05, 0.1) is 5.92 Å². The highest BCUT2D eigenvalue weighted by Crippen LogP contribution is 2.37. The Labute approximate surface area is 78.7 Å². The SMILES string of the molecule is CCC1C(C(=O)O)CCN1C1CC1. The molecule has 1 saturated carbocycles. The second kappa shape index (κ2) is 3.29. The van der Waals surface area contributed by atoms with Crippen LogP contribution >= 0.6 is 0 Å². The minimum absolute atomic E-state index is 0.106. The Bertz CT molecular complexity index is 213. The molecule has 74 valence electrons. The van der Waals surface area contributed by atoms with Crippen LogP contribution in [0.3, 0.4) is 0 Å². The van der Waals surface area contributed by atoms with E-state index < -0.39 is 5.97 Å². The minimum Gasteiger partial charge on any atom is -0.481 e. The molecule has 0 aromatic rings. The maximum absolute atomic E-state index is 10.9. The van der Waals surface area contributed by atoms with E-state index in [0.717, 1.165) is 19.4 Å². The average molecular weight is 183 g/mol. The van der Waals surface area contributed by atoms with Crippen molar-refractivity contribution < 1.29 is 9.90 Å². The van der Waals surface area contributed by atoms with Crippen molar-refractivity contribution in [3.05, 3.63) is 0 Å². The van der Waals surface area contributed by atoms with Gasteiger partial charge in [0.15, 0.2) is 0 Å². The first kappa shape index (κ1) is 9.00. The number of carboxylic acid groups (broad SMARTS) is 1. The minimum atomic E-state index is -0.602. The van der Waals surface area contributed by atoms with Crippen molar-refractivity contribution in [1.29, 1.82) is 0 Å². The van der Waals surface area contributed by atoms with Crippen LogP contribution in [-0.2, 0) is 4.79 Å². The van der Waals surface area contributed by atoms with Crippen LogP contribution in [0.5, 0.6) is 0 Å². The van der Waals surface area contributed by atoms with Gasteiger partial charge in [-0.05, 0) is 32.2 Å². The van der Waals surface area contributed by atoms with Crippen molar-refractivity contribution in [3.63, 3.8) is 0 Å². The fraction of sp³-hybridized carbons (Fsp3) is 0.900. The summed E-state index contributed by atoms with van der Waals surface area (Å²) >= 11 is 0. The third-order valence-electron chi connectivity index (χ3n) is 3.34. The van der Waals surface area contributed by atoms with E-state index in [-0.39, 0.29) is 5.92 Å². The third-order valence-corrected chi connectivity index (χ3v) is 3.34. The Morgan fingerprint density at radius 1 is 1.46 bits per heavy atom. The number of hydrogen-bond acceptors (Lipinski definition) is 2. The van der Waals surface area contributed by atoms with Gasteiger partial charge in [-0.2, -0.15) is 0 Å². The van der Waals surface area contributed by atoms with Crippen molar-refractivity contribution in [2.24, 2.45) is 5.92 Å². The lowest BCUT2D eigenvalue weighted by Gasteiger charge is -2.25. The second-order valence-electron chi connectivity index (χ2n) is 4.18. The molecular weight excluding hydrogens is 166 g/mol. The average Bonchev–Trinajstić information content (AvgIpc) is 2.84. The van der Waals surface area contributed by atoms with Crippen LogP contribution in [-0.4, -0.2) is 34.6 Å². The molecule has 2 rings (SSSR count). The second-order valence-corrected chi connectivity index (χ2v) is 4.18. The Morgan fingerprint density at radius 2 is 2.15 bits per heavy atom. The van der Waals surface area contributed by atoms with Gasteiger partial charge in [-0.15, -0.1) is 0 Å². The molecule has 2 aliphatic rings. The predicted molar refractivity (Wildman–Crippen MR) is 49.5 cm³/mol. The van der Waals surface area contributed by atoms with Crippen LogP contribution in [0.1, 0.15) is 32.6 Å². The summed E-state index contributed by atoms with van der Waals surface area (Å²) in [6, 6.07) is 1.03. The van der Waals surface area contributed by atoms with Crippen LogP contribution in [0.25, 0.3) is 0 Å². The van der Waals surface area contributed by atoms with Crippen molar-refractivity contribution in [2.75, 3.05) is 6.54 Å². The van der Waals surface area contributed by atoms with Gasteiger partial charge in [0.1, 0.15) is 0 Å². The molecule has 1 N–H and O–H groups in total. The summed E-state index contributed by atoms with van der Waals surface area (Å²) in [6.45, 7) is 3.10. The van der Waals surface area contributed by atoms with Gasteiger partial charge in [0, 0.05) is 12.1 Å². The molecule has 1 heterocycles. The summed E-state index contributed by atoms with van der Waals surface area (Å²) in [6.07, 6.45) is 4.39. The van der Waals surface area contributed by atoms with Crippen LogP contribution in [0.4, 0.5) is 0 Å². The summed E-state index contributed by atoms with van der Waals surface area (Å²) in [4.78, 5) is 13.3. The van der Waals surface area contributed by atoms with Gasteiger partial charge in [0.25, 0.3) is 0 Å². The Balaban J connectivity index is 2.04. The van der Waals surface area contributed by atoms with Crippen LogP contribution in [0.2, 0.25) is 0 Å². The zero-order valence-electron chi connectivity index (χ0n) is 8.07. The molecule has 2 atom stereocenters. The summed E-state index contributed by atoms with van der Waals surface area (Å²) in [7, 11) is 0. The first-order valence-electron chi connectivity index (χ1n) is 5.22. The van der Waals surface area contributed by atoms with E-state index >= 15 is 0 Å². The molecule has 13 heavy (non-hydrogen) atoms. The van der Waals surface area contributed by atoms with Gasteiger partial charge < -0.3 is 5.11 Å². The molecule has 2 fully saturated rings. The fourth-order valence-corrected chi connectivity index (χ4v) is 2.54. The van der Waals surface area contributed by atoms with Crippen molar-refractivity contribution in [1.82, 2.24) is 4.90 Å². The normalized spacial score (nSPS) is 35.2. The molecule has 1 aliphatic heterocycles. The van der Waals surface area contributed by atoms with Gasteiger partial charge >= 0.3 is 5.97 Å². The standard InChI is InChI=1S/C10H17NO2/c1-2-9-8(10(12)13)5-6-11(9)7-3-4-7/h7-9H,2-6H2,1H3,(H,12,13). The van der Waals surface area contributed by atoms with E-state index in [9.17, 15) is 4.79 Å². The van der Waals surface area contributed by atoms with Crippen molar-refractivity contribution in [2.45, 2.75) is 44.7 Å². The number of hydrogen-bond donors (Lipinski definition) is 1. The topological polar surface area (TPSA) is 40.5 Å². The number of aliphatic carboxylic acids is 1. The molecule has 2 unspecified atom stereocenters. The first-order chi connectivity index (χ1) is 6.24. The number of carbonyl (C=O) groups is 1. The highest BCUT2D eigenvalue weighted by molar-refractivity contribution is 5.71. The lowest BCUT2D eigenvalue weighted by Crippen LogP contribution is -2.36. The van der Waals surface area contributed by atoms with Crippen LogP contribution in [0, 0.1) is 5.92 Å². The summed E-state index contributed by atoms with van der Waals surface area (Å²) in [5.41, 5.74) is 0. The predicted octanol–water partition coefficient (Wildman–Crippen LogP) is 1.33. The monoisotopic (exact) mass is 183 g/mol. The molecule has 3 nitrogen and oxygen atoms in total. The van der Waals surface area contributed by atoms with Gasteiger partial charge in [0.2, 0.25) is 0 Å². The lowest BCUT2D eigenvalue weighted by atomic mass is 9.98. The maximum atomic E-state index is 10.9. The molecular formula is C10H17NO2. The van der Waals surface area contributed by atoms with Crippen molar-refractivity contribution >= 4 is 5.97 Å². The number of rotatable bonds is 3. The third kappa shape index (κ3) is 1.57. The zero-order chi connectivity index (χ0) is 9.42. The highest BCUT2D eigenvalue weighted by Gasteiger charge is 2.43.